The van der Waals surface area contributed by atoms with Gasteiger partial charge >= 0.3 is 0 Å². The number of ether oxygens (including phenoxy) is 1. The lowest BCUT2D eigenvalue weighted by molar-refractivity contribution is -0.129. The number of carbonyl (C=O) groups is 2. The Hall–Kier alpha value is -4.52. The first-order valence-corrected chi connectivity index (χ1v) is 16.0. The highest BCUT2D eigenvalue weighted by molar-refractivity contribution is 5.92. The maximum absolute atomic E-state index is 12.6. The Balaban J connectivity index is 1.15. The van der Waals surface area contributed by atoms with Crippen LogP contribution in [0.5, 0.6) is 5.75 Å². The van der Waals surface area contributed by atoms with Gasteiger partial charge in [0.1, 0.15) is 24.0 Å². The number of rotatable bonds is 10. The minimum Gasteiger partial charge on any atom is -0.486 e. The van der Waals surface area contributed by atoms with Crippen LogP contribution >= 0.6 is 0 Å². The highest BCUT2D eigenvalue weighted by Gasteiger charge is 2.27. The third-order valence-electron chi connectivity index (χ3n) is 8.65. The summed E-state index contributed by atoms with van der Waals surface area (Å²) < 4.78 is 7.77. The van der Waals surface area contributed by atoms with Gasteiger partial charge in [0.2, 0.25) is 23.3 Å². The van der Waals surface area contributed by atoms with Gasteiger partial charge in [0, 0.05) is 24.0 Å². The zero-order chi connectivity index (χ0) is 31.5. The molecule has 45 heavy (non-hydrogen) atoms. The molecule has 2 aliphatic rings. The topological polar surface area (TPSA) is 165 Å². The lowest BCUT2D eigenvalue weighted by Gasteiger charge is -2.31. The fourth-order valence-corrected chi connectivity index (χ4v) is 6.03. The Bertz CT molecular complexity index is 1680. The fourth-order valence-electron chi connectivity index (χ4n) is 6.03. The second-order valence-electron chi connectivity index (χ2n) is 12.1. The molecule has 0 unspecified atom stereocenters. The quantitative estimate of drug-likeness (QED) is 0.209. The number of aromatic nitrogens is 5. The van der Waals surface area contributed by atoms with E-state index in [0.717, 1.165) is 73.9 Å². The molecule has 0 bridgehead atoms. The van der Waals surface area contributed by atoms with Crippen molar-refractivity contribution < 1.29 is 14.3 Å². The number of fused-ring (bicyclic) bond motifs is 4. The summed E-state index contributed by atoms with van der Waals surface area (Å²) in [5.74, 6) is 0.738. The SMILES string of the molecule is CCCCN1CCOc2c1cnn1c(-c3ccc4cccc(NC5CCC(NC(=O)[C@H](C)NC(=O)[C@H](C)N)CC5)c4n3)nnc21. The van der Waals surface area contributed by atoms with Crippen molar-refractivity contribution in [2.75, 3.05) is 29.9 Å². The van der Waals surface area contributed by atoms with E-state index in [-0.39, 0.29) is 23.9 Å². The van der Waals surface area contributed by atoms with E-state index in [4.69, 9.17) is 20.6 Å². The number of nitrogens with two attached hydrogens (primary N) is 1. The summed E-state index contributed by atoms with van der Waals surface area (Å²) in [6, 6.07) is 9.12. The van der Waals surface area contributed by atoms with E-state index in [1.54, 1.807) is 18.4 Å². The molecule has 6 rings (SSSR count). The normalized spacial score (nSPS) is 19.4. The molecule has 13 nitrogen and oxygen atoms in total. The molecule has 4 aromatic rings. The van der Waals surface area contributed by atoms with Crippen molar-refractivity contribution in [1.29, 1.82) is 0 Å². The lowest BCUT2D eigenvalue weighted by atomic mass is 9.90. The predicted molar refractivity (Wildman–Crippen MR) is 173 cm³/mol. The zero-order valence-electron chi connectivity index (χ0n) is 26.1. The minimum atomic E-state index is -0.657. The smallest absolute Gasteiger partial charge is 0.242 e. The first kappa shape index (κ1) is 30.5. The maximum Gasteiger partial charge on any atom is 0.242 e. The van der Waals surface area contributed by atoms with Crippen LogP contribution in [0.15, 0.2) is 36.5 Å². The number of anilines is 2. The van der Waals surface area contributed by atoms with Crippen LogP contribution in [-0.2, 0) is 9.59 Å². The number of benzene rings is 1. The average molecular weight is 615 g/mol. The molecule has 4 heterocycles. The van der Waals surface area contributed by atoms with Crippen molar-refractivity contribution in [1.82, 2.24) is 35.4 Å². The van der Waals surface area contributed by atoms with E-state index in [9.17, 15) is 9.59 Å². The molecule has 0 saturated heterocycles. The van der Waals surface area contributed by atoms with Crippen molar-refractivity contribution in [2.45, 2.75) is 83.5 Å². The highest BCUT2D eigenvalue weighted by Crippen LogP contribution is 2.36. The summed E-state index contributed by atoms with van der Waals surface area (Å²) in [4.78, 5) is 31.8. The van der Waals surface area contributed by atoms with E-state index in [2.05, 4.69) is 38.0 Å². The molecule has 2 atom stereocenters. The van der Waals surface area contributed by atoms with Crippen LogP contribution < -0.4 is 31.3 Å². The lowest BCUT2D eigenvalue weighted by Crippen LogP contribution is -2.52. The molecule has 1 aliphatic carbocycles. The van der Waals surface area contributed by atoms with E-state index < -0.39 is 12.1 Å². The predicted octanol–water partition coefficient (Wildman–Crippen LogP) is 3.03. The van der Waals surface area contributed by atoms with Crippen LogP contribution in [0.3, 0.4) is 0 Å². The van der Waals surface area contributed by atoms with Crippen molar-refractivity contribution >= 4 is 39.7 Å². The number of unbranched alkanes of at least 4 members (excludes halogenated alkanes) is 1. The Kier molecular flexibility index (Phi) is 8.97. The highest BCUT2D eigenvalue weighted by atomic mass is 16.5. The standard InChI is InChI=1S/C32H42N10O3/c1-4-5-15-41-16-17-45-28-26(41)18-34-42-29(39-40-30(28)42)25-14-9-21-7-6-8-24(27(21)38-25)36-22-10-12-23(13-11-22)37-32(44)20(3)35-31(43)19(2)33/h6-9,14,18-20,22-23,36H,4-5,10-13,15-17,33H2,1-3H3,(H,35,43)(H,37,44)/t19-,20-,22?,23?/m0/s1. The van der Waals surface area contributed by atoms with Crippen molar-refractivity contribution in [3.05, 3.63) is 36.5 Å². The summed E-state index contributed by atoms with van der Waals surface area (Å²) in [5, 5.41) is 24.1. The number of nitrogens with one attached hydrogen (secondary N) is 3. The maximum atomic E-state index is 12.6. The van der Waals surface area contributed by atoms with Gasteiger partial charge in [-0.15, -0.1) is 10.2 Å². The number of pyridine rings is 1. The van der Waals surface area contributed by atoms with Gasteiger partial charge < -0.3 is 31.3 Å². The third kappa shape index (κ3) is 6.48. The van der Waals surface area contributed by atoms with E-state index in [1.807, 2.05) is 36.5 Å². The third-order valence-corrected chi connectivity index (χ3v) is 8.65. The van der Waals surface area contributed by atoms with Gasteiger partial charge in [-0.3, -0.25) is 9.59 Å². The van der Waals surface area contributed by atoms with Crippen LogP contribution in [0.25, 0.3) is 28.1 Å². The summed E-state index contributed by atoms with van der Waals surface area (Å²) in [6.45, 7) is 7.84. The first-order chi connectivity index (χ1) is 21.8. The molecule has 1 aliphatic heterocycles. The number of amides is 2. The van der Waals surface area contributed by atoms with Crippen molar-refractivity contribution in [3.63, 3.8) is 0 Å². The molecule has 0 radical (unpaired) electrons. The second-order valence-corrected chi connectivity index (χ2v) is 12.1. The zero-order valence-corrected chi connectivity index (χ0v) is 26.1. The molecule has 5 N–H and O–H groups in total. The Labute approximate surface area is 262 Å². The van der Waals surface area contributed by atoms with Crippen LogP contribution in [0.4, 0.5) is 11.4 Å². The van der Waals surface area contributed by atoms with Gasteiger partial charge in [0.15, 0.2) is 5.75 Å². The minimum absolute atomic E-state index is 0.0598. The molecular formula is C32H42N10O3. The first-order valence-electron chi connectivity index (χ1n) is 16.0. The molecule has 0 spiro atoms. The van der Waals surface area contributed by atoms with Crippen LogP contribution in [-0.4, -0.2) is 80.5 Å². The van der Waals surface area contributed by atoms with E-state index in [1.165, 1.54) is 0 Å². The molecule has 13 heteroatoms. The molecule has 2 amide bonds. The van der Waals surface area contributed by atoms with Crippen LogP contribution in [0, 0.1) is 0 Å². The number of carbonyl (C=O) groups excluding carboxylic acids is 2. The van der Waals surface area contributed by atoms with Gasteiger partial charge in [-0.05, 0) is 58.1 Å². The van der Waals surface area contributed by atoms with Crippen molar-refractivity contribution in [3.8, 4) is 17.3 Å². The Morgan fingerprint density at radius 1 is 1.07 bits per heavy atom. The largest absolute Gasteiger partial charge is 0.486 e. The van der Waals surface area contributed by atoms with Gasteiger partial charge in [0.05, 0.1) is 30.0 Å². The van der Waals surface area contributed by atoms with Gasteiger partial charge in [-0.25, -0.2) is 4.98 Å². The van der Waals surface area contributed by atoms with Crippen molar-refractivity contribution in [2.24, 2.45) is 5.73 Å². The fraction of sp³-hybridized carbons (Fsp3) is 0.500. The van der Waals surface area contributed by atoms with Crippen LogP contribution in [0.2, 0.25) is 0 Å². The average Bonchev–Trinajstić information content (AvgIpc) is 3.49. The number of nitrogens with zero attached hydrogens (tertiary/aromatic N) is 6. The summed E-state index contributed by atoms with van der Waals surface area (Å²) in [5.41, 5.74) is 9.62. The van der Waals surface area contributed by atoms with Crippen LogP contribution in [0.1, 0.15) is 59.3 Å². The summed E-state index contributed by atoms with van der Waals surface area (Å²) in [6.07, 6.45) is 7.52. The Morgan fingerprint density at radius 2 is 1.87 bits per heavy atom. The number of hydrogen-bond acceptors (Lipinski definition) is 10. The number of para-hydroxylation sites is 1. The summed E-state index contributed by atoms with van der Waals surface area (Å²) >= 11 is 0. The molecule has 3 aromatic heterocycles. The second kappa shape index (κ2) is 13.2. The van der Waals surface area contributed by atoms with E-state index in [0.29, 0.717) is 29.5 Å². The van der Waals surface area contributed by atoms with Gasteiger partial charge in [-0.2, -0.15) is 9.61 Å². The molecular weight excluding hydrogens is 572 g/mol. The van der Waals surface area contributed by atoms with Gasteiger partial charge in [0.25, 0.3) is 0 Å². The monoisotopic (exact) mass is 614 g/mol. The van der Waals surface area contributed by atoms with Gasteiger partial charge in [-0.1, -0.05) is 31.5 Å². The molecule has 238 valence electrons. The Morgan fingerprint density at radius 3 is 2.64 bits per heavy atom. The number of hydrogen-bond donors (Lipinski definition) is 4. The molecule has 1 fully saturated rings. The molecule has 1 saturated carbocycles. The molecule has 1 aromatic carbocycles. The van der Waals surface area contributed by atoms with E-state index >= 15 is 0 Å². The summed E-state index contributed by atoms with van der Waals surface area (Å²) in [7, 11) is 0.